The van der Waals surface area contributed by atoms with Gasteiger partial charge in [-0.15, -0.1) is 0 Å². The van der Waals surface area contributed by atoms with Crippen LogP contribution < -0.4 is 10.1 Å². The summed E-state index contributed by atoms with van der Waals surface area (Å²) in [5, 5.41) is 2.84. The molecule has 0 bridgehead atoms. The van der Waals surface area contributed by atoms with Crippen molar-refractivity contribution in [3.63, 3.8) is 0 Å². The number of urea groups is 1. The molecule has 0 radical (unpaired) electrons. The number of hydrogen-bond donors (Lipinski definition) is 1. The Morgan fingerprint density at radius 2 is 2.16 bits per heavy atom. The molecule has 2 saturated heterocycles. The van der Waals surface area contributed by atoms with Gasteiger partial charge in [-0.3, -0.25) is 14.6 Å². The lowest BCUT2D eigenvalue weighted by Crippen LogP contribution is -2.55. The van der Waals surface area contributed by atoms with E-state index >= 15 is 0 Å². The van der Waals surface area contributed by atoms with Gasteiger partial charge in [-0.25, -0.2) is 9.18 Å². The highest BCUT2D eigenvalue weighted by molar-refractivity contribution is 6.06. The third-order valence-electron chi connectivity index (χ3n) is 5.38. The molecule has 2 atom stereocenters. The number of rotatable bonds is 4. The first-order valence-electron chi connectivity index (χ1n) is 8.50. The van der Waals surface area contributed by atoms with E-state index < -0.39 is 5.54 Å². The van der Waals surface area contributed by atoms with E-state index in [2.05, 4.69) is 10.2 Å². The zero-order chi connectivity index (χ0) is 18.2. The Labute approximate surface area is 146 Å². The molecule has 2 heterocycles. The summed E-state index contributed by atoms with van der Waals surface area (Å²) in [6.45, 7) is 3.87. The lowest BCUT2D eigenvalue weighted by molar-refractivity contribution is -0.132. The van der Waals surface area contributed by atoms with E-state index in [1.807, 2.05) is 0 Å². The summed E-state index contributed by atoms with van der Waals surface area (Å²) in [5.41, 5.74) is -0.0940. The molecule has 2 aliphatic rings. The van der Waals surface area contributed by atoms with E-state index in [4.69, 9.17) is 4.74 Å². The van der Waals surface area contributed by atoms with E-state index in [1.54, 1.807) is 20.1 Å². The number of nitrogens with one attached hydrogen (secondary N) is 1. The number of amides is 3. The second kappa shape index (κ2) is 6.63. The number of likely N-dealkylation sites (N-methyl/N-ethyl adjacent to an activating group) is 1. The third-order valence-corrected chi connectivity index (χ3v) is 5.38. The Morgan fingerprint density at radius 1 is 1.40 bits per heavy atom. The highest BCUT2D eigenvalue weighted by atomic mass is 19.1. The molecule has 7 heteroatoms. The molecule has 1 N–H and O–H groups in total. The molecule has 0 aliphatic carbocycles. The Morgan fingerprint density at radius 3 is 2.80 bits per heavy atom. The van der Waals surface area contributed by atoms with Gasteiger partial charge in [-0.1, -0.05) is 0 Å². The summed E-state index contributed by atoms with van der Waals surface area (Å²) < 4.78 is 18.9. The lowest BCUT2D eigenvalue weighted by atomic mass is 9.80. The van der Waals surface area contributed by atoms with Crippen LogP contribution in [0.25, 0.3) is 0 Å². The minimum absolute atomic E-state index is 0.0159. The molecule has 1 aromatic carbocycles. The Hall–Kier alpha value is -2.15. The summed E-state index contributed by atoms with van der Waals surface area (Å²) in [6, 6.07) is 4.14. The molecule has 3 rings (SSSR count). The van der Waals surface area contributed by atoms with E-state index in [9.17, 15) is 14.0 Å². The maximum Gasteiger partial charge on any atom is 0.324 e. The second-order valence-corrected chi connectivity index (χ2v) is 7.03. The molecule has 0 saturated carbocycles. The minimum atomic E-state index is -0.878. The number of carbonyl (C=O) groups is 2. The zero-order valence-corrected chi connectivity index (χ0v) is 14.8. The van der Waals surface area contributed by atoms with E-state index in [-0.39, 0.29) is 23.7 Å². The molecule has 2 fully saturated rings. The maximum absolute atomic E-state index is 13.6. The average Bonchev–Trinajstić information content (AvgIpc) is 2.79. The number of hydrogen-bond acceptors (Lipinski definition) is 4. The van der Waals surface area contributed by atoms with E-state index in [0.717, 1.165) is 29.8 Å². The first-order chi connectivity index (χ1) is 11.8. The maximum atomic E-state index is 13.6. The molecule has 1 aromatic rings. The standard InChI is InChI=1S/C18H24FN3O3/c1-18(16(23)21(2)17(24)20-18)13-5-4-8-22(11-13)10-12-9-14(19)6-7-15(12)25-3/h6-7,9,13H,4-5,8,10-11H2,1-3H3,(H,20,24)/t13-,18-/m0/s1. The predicted octanol–water partition coefficient (Wildman–Crippen LogP) is 1.99. The van der Waals surface area contributed by atoms with Crippen molar-refractivity contribution < 1.29 is 18.7 Å². The molecule has 3 amide bonds. The normalized spacial score (nSPS) is 27.5. The summed E-state index contributed by atoms with van der Waals surface area (Å²) in [5.74, 6) is 0.186. The molecule has 2 aliphatic heterocycles. The van der Waals surface area contributed by atoms with Crippen LogP contribution in [0.15, 0.2) is 18.2 Å². The van der Waals surface area contributed by atoms with Crippen LogP contribution in [-0.4, -0.2) is 54.5 Å². The van der Waals surface area contributed by atoms with Crippen LogP contribution in [0.5, 0.6) is 5.75 Å². The number of benzene rings is 1. The molecule has 0 aromatic heterocycles. The fraction of sp³-hybridized carbons (Fsp3) is 0.556. The quantitative estimate of drug-likeness (QED) is 0.845. The van der Waals surface area contributed by atoms with Gasteiger partial charge in [-0.05, 0) is 44.5 Å². The highest BCUT2D eigenvalue weighted by Gasteiger charge is 2.51. The van der Waals surface area contributed by atoms with Gasteiger partial charge in [0.2, 0.25) is 0 Å². The number of likely N-dealkylation sites (tertiary alicyclic amines) is 1. The molecule has 0 unspecified atom stereocenters. The SMILES string of the molecule is COc1ccc(F)cc1CN1CCC[C@H]([C@]2(C)NC(=O)N(C)C2=O)C1. The molecule has 6 nitrogen and oxygen atoms in total. The van der Waals surface area contributed by atoms with E-state index in [0.29, 0.717) is 18.8 Å². The topological polar surface area (TPSA) is 61.9 Å². The zero-order valence-electron chi connectivity index (χ0n) is 14.8. The van der Waals surface area contributed by atoms with E-state index in [1.165, 1.54) is 19.2 Å². The van der Waals surface area contributed by atoms with Crippen LogP contribution in [0.3, 0.4) is 0 Å². The van der Waals surface area contributed by atoms with Gasteiger partial charge in [0, 0.05) is 31.6 Å². The van der Waals surface area contributed by atoms with Crippen LogP contribution in [0.4, 0.5) is 9.18 Å². The van der Waals surface area contributed by atoms with Crippen molar-refractivity contribution in [3.05, 3.63) is 29.6 Å². The van der Waals surface area contributed by atoms with Gasteiger partial charge in [0.1, 0.15) is 17.1 Å². The Kier molecular flexibility index (Phi) is 4.69. The second-order valence-electron chi connectivity index (χ2n) is 7.03. The predicted molar refractivity (Wildman–Crippen MR) is 90.7 cm³/mol. The first kappa shape index (κ1) is 17.7. The van der Waals surface area contributed by atoms with Gasteiger partial charge in [0.05, 0.1) is 7.11 Å². The summed E-state index contributed by atoms with van der Waals surface area (Å²) in [7, 11) is 3.07. The summed E-state index contributed by atoms with van der Waals surface area (Å²) in [4.78, 5) is 27.7. The summed E-state index contributed by atoms with van der Waals surface area (Å²) >= 11 is 0. The van der Waals surface area contributed by atoms with Gasteiger partial charge in [0.25, 0.3) is 5.91 Å². The van der Waals surface area contributed by atoms with Crippen LogP contribution in [0, 0.1) is 11.7 Å². The third kappa shape index (κ3) is 3.20. The number of carbonyl (C=O) groups excluding carboxylic acids is 2. The minimum Gasteiger partial charge on any atom is -0.496 e. The molecule has 136 valence electrons. The van der Waals surface area contributed by atoms with Gasteiger partial charge in [0.15, 0.2) is 0 Å². The fourth-order valence-corrected chi connectivity index (χ4v) is 3.86. The van der Waals surface area contributed by atoms with Gasteiger partial charge in [-0.2, -0.15) is 0 Å². The number of piperidine rings is 1. The number of nitrogens with zero attached hydrogens (tertiary/aromatic N) is 2. The number of ether oxygens (including phenoxy) is 1. The lowest BCUT2D eigenvalue weighted by Gasteiger charge is -2.39. The van der Waals surface area contributed by atoms with Crippen molar-refractivity contribution in [3.8, 4) is 5.75 Å². The van der Waals surface area contributed by atoms with Crippen molar-refractivity contribution in [2.24, 2.45) is 5.92 Å². The van der Waals surface area contributed by atoms with Crippen molar-refractivity contribution in [1.29, 1.82) is 0 Å². The number of methoxy groups -OCH3 is 1. The van der Waals surface area contributed by atoms with Crippen LogP contribution in [0.1, 0.15) is 25.3 Å². The van der Waals surface area contributed by atoms with Crippen molar-refractivity contribution in [2.45, 2.75) is 31.8 Å². The average molecular weight is 349 g/mol. The Bertz CT molecular complexity index is 696. The Balaban J connectivity index is 1.75. The van der Waals surface area contributed by atoms with Crippen LogP contribution in [-0.2, 0) is 11.3 Å². The largest absolute Gasteiger partial charge is 0.496 e. The smallest absolute Gasteiger partial charge is 0.324 e. The number of imide groups is 1. The molecular weight excluding hydrogens is 325 g/mol. The highest BCUT2D eigenvalue weighted by Crippen LogP contribution is 2.33. The van der Waals surface area contributed by atoms with Crippen LogP contribution in [0.2, 0.25) is 0 Å². The van der Waals surface area contributed by atoms with Gasteiger partial charge >= 0.3 is 6.03 Å². The summed E-state index contributed by atoms with van der Waals surface area (Å²) in [6.07, 6.45) is 1.79. The molecule has 0 spiro atoms. The molecular formula is C18H24FN3O3. The van der Waals surface area contributed by atoms with Crippen LogP contribution >= 0.6 is 0 Å². The fourth-order valence-electron chi connectivity index (χ4n) is 3.86. The monoisotopic (exact) mass is 349 g/mol. The number of halogens is 1. The van der Waals surface area contributed by atoms with Crippen molar-refractivity contribution >= 4 is 11.9 Å². The molecule has 25 heavy (non-hydrogen) atoms. The van der Waals surface area contributed by atoms with Crippen molar-refractivity contribution in [2.75, 3.05) is 27.2 Å². The first-order valence-corrected chi connectivity index (χ1v) is 8.50. The van der Waals surface area contributed by atoms with Crippen molar-refractivity contribution in [1.82, 2.24) is 15.1 Å². The van der Waals surface area contributed by atoms with Gasteiger partial charge < -0.3 is 10.1 Å².